The Morgan fingerprint density at radius 1 is 1.03 bits per heavy atom. The van der Waals surface area contributed by atoms with Gasteiger partial charge in [-0.2, -0.15) is 4.52 Å². The average molecular weight is 467 g/mol. The molecular formula is C25H21N7O3. The number of carbonyl (C=O) groups excluding carboxylic acids is 1. The Morgan fingerprint density at radius 2 is 1.83 bits per heavy atom. The van der Waals surface area contributed by atoms with Gasteiger partial charge in [0.05, 0.1) is 11.4 Å². The second-order valence-electron chi connectivity index (χ2n) is 8.37. The molecule has 0 spiro atoms. The van der Waals surface area contributed by atoms with Crippen LogP contribution in [0.2, 0.25) is 0 Å². The summed E-state index contributed by atoms with van der Waals surface area (Å²) in [5, 5.41) is 12.1. The topological polar surface area (TPSA) is 122 Å². The zero-order valence-electron chi connectivity index (χ0n) is 18.6. The average Bonchev–Trinajstić information content (AvgIpc) is 3.46. The molecule has 1 amide bonds. The van der Waals surface area contributed by atoms with Crippen molar-refractivity contribution in [1.29, 1.82) is 0 Å². The molecule has 1 atom stereocenters. The number of aromatic nitrogens is 6. The van der Waals surface area contributed by atoms with E-state index in [-0.39, 0.29) is 17.0 Å². The van der Waals surface area contributed by atoms with E-state index in [9.17, 15) is 9.59 Å². The normalized spacial score (nSPS) is 15.1. The van der Waals surface area contributed by atoms with Crippen molar-refractivity contribution in [3.8, 4) is 17.3 Å². The highest BCUT2D eigenvalue weighted by Gasteiger charge is 2.33. The number of rotatable bonds is 5. The number of primary amides is 1. The van der Waals surface area contributed by atoms with Gasteiger partial charge in [0, 0.05) is 18.5 Å². The summed E-state index contributed by atoms with van der Waals surface area (Å²) in [6, 6.07) is 20.4. The summed E-state index contributed by atoms with van der Waals surface area (Å²) in [5.74, 6) is 0.159. The van der Waals surface area contributed by atoms with Gasteiger partial charge >= 0.3 is 0 Å². The number of nitrogens with zero attached hydrogens (tertiary/aromatic N) is 6. The molecular weight excluding hydrogens is 446 g/mol. The summed E-state index contributed by atoms with van der Waals surface area (Å²) in [4.78, 5) is 25.7. The number of ether oxygens (including phenoxy) is 1. The fraction of sp³-hybridized carbons (Fsp3) is 0.160. The first-order valence-electron chi connectivity index (χ1n) is 11.3. The highest BCUT2D eigenvalue weighted by atomic mass is 16.5. The molecule has 6 rings (SSSR count). The third-order valence-corrected chi connectivity index (χ3v) is 6.26. The summed E-state index contributed by atoms with van der Waals surface area (Å²) >= 11 is 0. The van der Waals surface area contributed by atoms with Crippen molar-refractivity contribution in [3.63, 3.8) is 0 Å². The van der Waals surface area contributed by atoms with Gasteiger partial charge in [0.2, 0.25) is 5.88 Å². The summed E-state index contributed by atoms with van der Waals surface area (Å²) in [7, 11) is 0. The Bertz CT molecular complexity index is 1600. The van der Waals surface area contributed by atoms with E-state index < -0.39 is 5.91 Å². The van der Waals surface area contributed by atoms with Crippen molar-refractivity contribution in [2.45, 2.75) is 25.3 Å². The number of benzene rings is 2. The standard InChI is InChI=1S/C25H21N7O3/c26-24(33)22-23-19(7-4-14-31(23)32(25(22)34)17-5-2-1-3-6-17)16-8-10-18(11-9-16)35-21-13-12-20-28-27-15-30(20)29-21/h1-3,5-6,8-13,15,19H,4,7,14H2,(H2,26,33). The molecule has 10 heteroatoms. The van der Waals surface area contributed by atoms with Crippen LogP contribution in [0.4, 0.5) is 0 Å². The van der Waals surface area contributed by atoms with Gasteiger partial charge < -0.3 is 10.5 Å². The fourth-order valence-corrected chi connectivity index (χ4v) is 4.75. The van der Waals surface area contributed by atoms with Crippen molar-refractivity contribution in [2.75, 3.05) is 0 Å². The van der Waals surface area contributed by atoms with Crippen LogP contribution in [0.15, 0.2) is 77.9 Å². The molecule has 4 heterocycles. The lowest BCUT2D eigenvalue weighted by Crippen LogP contribution is -2.26. The molecule has 5 aromatic rings. The molecule has 35 heavy (non-hydrogen) atoms. The third-order valence-electron chi connectivity index (χ3n) is 6.26. The molecule has 1 unspecified atom stereocenters. The zero-order chi connectivity index (χ0) is 23.9. The molecule has 0 saturated carbocycles. The Labute approximate surface area is 199 Å². The minimum Gasteiger partial charge on any atom is -0.438 e. The number of hydrogen-bond donors (Lipinski definition) is 1. The van der Waals surface area contributed by atoms with Crippen LogP contribution in [0.25, 0.3) is 11.3 Å². The van der Waals surface area contributed by atoms with E-state index in [0.29, 0.717) is 35.2 Å². The predicted molar refractivity (Wildman–Crippen MR) is 127 cm³/mol. The van der Waals surface area contributed by atoms with Gasteiger partial charge in [-0.25, -0.2) is 4.68 Å². The number of para-hydroxylation sites is 1. The lowest BCUT2D eigenvalue weighted by atomic mass is 9.87. The number of nitrogens with two attached hydrogens (primary N) is 1. The minimum absolute atomic E-state index is 0.0466. The molecule has 0 bridgehead atoms. The van der Waals surface area contributed by atoms with Gasteiger partial charge in [0.25, 0.3) is 11.5 Å². The first-order valence-corrected chi connectivity index (χ1v) is 11.3. The van der Waals surface area contributed by atoms with Crippen molar-refractivity contribution in [2.24, 2.45) is 5.73 Å². The summed E-state index contributed by atoms with van der Waals surface area (Å²) in [5.41, 5.74) is 8.33. The predicted octanol–water partition coefficient (Wildman–Crippen LogP) is 2.89. The number of fused-ring (bicyclic) bond motifs is 2. The maximum Gasteiger partial charge on any atom is 0.284 e. The van der Waals surface area contributed by atoms with Gasteiger partial charge in [-0.3, -0.25) is 14.3 Å². The number of hydrogen-bond acceptors (Lipinski definition) is 6. The molecule has 0 saturated heterocycles. The van der Waals surface area contributed by atoms with Crippen molar-refractivity contribution in [3.05, 3.63) is 100 Å². The van der Waals surface area contributed by atoms with Gasteiger partial charge in [0.1, 0.15) is 17.6 Å². The van der Waals surface area contributed by atoms with Gasteiger partial charge in [-0.15, -0.1) is 15.3 Å². The monoisotopic (exact) mass is 467 g/mol. The van der Waals surface area contributed by atoms with Crippen LogP contribution in [0.5, 0.6) is 11.6 Å². The second kappa shape index (κ2) is 8.24. The van der Waals surface area contributed by atoms with E-state index in [2.05, 4.69) is 15.3 Å². The number of carbonyl (C=O) groups is 1. The van der Waals surface area contributed by atoms with Crippen LogP contribution in [0, 0.1) is 0 Å². The molecule has 2 N–H and O–H groups in total. The van der Waals surface area contributed by atoms with Crippen LogP contribution in [0.1, 0.15) is 40.4 Å². The minimum atomic E-state index is -0.712. The van der Waals surface area contributed by atoms with Crippen molar-refractivity contribution in [1.82, 2.24) is 29.2 Å². The SMILES string of the molecule is NC(=O)c1c2n(n(-c3ccccc3)c1=O)CCCC2c1ccc(Oc2ccc3nncn3n2)cc1. The summed E-state index contributed by atoms with van der Waals surface area (Å²) < 4.78 is 10.9. The Morgan fingerprint density at radius 3 is 2.60 bits per heavy atom. The molecule has 3 aromatic heterocycles. The molecule has 2 aromatic carbocycles. The highest BCUT2D eigenvalue weighted by molar-refractivity contribution is 5.94. The lowest BCUT2D eigenvalue weighted by Gasteiger charge is -2.27. The summed E-state index contributed by atoms with van der Waals surface area (Å²) in [6.07, 6.45) is 3.16. The second-order valence-corrected chi connectivity index (χ2v) is 8.37. The maximum atomic E-state index is 13.3. The molecule has 174 valence electrons. The van der Waals surface area contributed by atoms with Crippen LogP contribution in [-0.4, -0.2) is 35.1 Å². The van der Waals surface area contributed by atoms with Gasteiger partial charge in [0.15, 0.2) is 5.65 Å². The Hall–Kier alpha value is -4.73. The van der Waals surface area contributed by atoms with E-state index in [1.165, 1.54) is 10.8 Å². The van der Waals surface area contributed by atoms with Crippen LogP contribution >= 0.6 is 0 Å². The van der Waals surface area contributed by atoms with Crippen LogP contribution in [-0.2, 0) is 6.54 Å². The van der Waals surface area contributed by atoms with Crippen molar-refractivity contribution < 1.29 is 9.53 Å². The van der Waals surface area contributed by atoms with E-state index in [0.717, 1.165) is 18.4 Å². The van der Waals surface area contributed by atoms with Crippen molar-refractivity contribution >= 4 is 11.6 Å². The van der Waals surface area contributed by atoms with Gasteiger partial charge in [-0.1, -0.05) is 30.3 Å². The molecule has 0 aliphatic carbocycles. The van der Waals surface area contributed by atoms with E-state index in [4.69, 9.17) is 10.5 Å². The van der Waals surface area contributed by atoms with Crippen LogP contribution in [0.3, 0.4) is 0 Å². The largest absolute Gasteiger partial charge is 0.438 e. The van der Waals surface area contributed by atoms with E-state index >= 15 is 0 Å². The molecule has 0 radical (unpaired) electrons. The Balaban J connectivity index is 1.37. The molecule has 1 aliphatic heterocycles. The quantitative estimate of drug-likeness (QED) is 0.424. The smallest absolute Gasteiger partial charge is 0.284 e. The van der Waals surface area contributed by atoms with E-state index in [1.54, 1.807) is 16.8 Å². The highest BCUT2D eigenvalue weighted by Crippen LogP contribution is 2.36. The molecule has 0 fully saturated rings. The van der Waals surface area contributed by atoms with Gasteiger partial charge in [-0.05, 0) is 48.7 Å². The first-order chi connectivity index (χ1) is 17.1. The van der Waals surface area contributed by atoms with Crippen LogP contribution < -0.4 is 16.0 Å². The lowest BCUT2D eigenvalue weighted by molar-refractivity contribution is 0.0997. The number of amides is 1. The summed E-state index contributed by atoms with van der Waals surface area (Å²) in [6.45, 7) is 0.627. The molecule has 1 aliphatic rings. The zero-order valence-corrected chi connectivity index (χ0v) is 18.6. The fourth-order valence-electron chi connectivity index (χ4n) is 4.75. The van der Waals surface area contributed by atoms with E-state index in [1.807, 2.05) is 59.3 Å². The third kappa shape index (κ3) is 3.55. The molecule has 10 nitrogen and oxygen atoms in total. The Kier molecular flexibility index (Phi) is 4.91. The first kappa shape index (κ1) is 20.8. The maximum absolute atomic E-state index is 13.3.